The van der Waals surface area contributed by atoms with Crippen LogP contribution in [0.2, 0.25) is 0 Å². The van der Waals surface area contributed by atoms with E-state index in [1.807, 2.05) is 66.7 Å². The molecule has 0 saturated heterocycles. The largest absolute Gasteiger partial charge is 0.496 e. The lowest BCUT2D eigenvalue weighted by atomic mass is 9.92. The number of hydrogen-bond acceptors (Lipinski definition) is 2. The van der Waals surface area contributed by atoms with Crippen molar-refractivity contribution < 1.29 is 17.9 Å². The monoisotopic (exact) mass is 393 g/mol. The molecular formula is C24H18F3NO. The molecule has 0 atom stereocenters. The predicted molar refractivity (Wildman–Crippen MR) is 109 cm³/mol. The molecular weight excluding hydrogens is 375 g/mol. The first-order chi connectivity index (χ1) is 14.0. The summed E-state index contributed by atoms with van der Waals surface area (Å²) in [4.78, 5) is 4.54. The number of methoxy groups -OCH3 is 1. The third-order valence-corrected chi connectivity index (χ3v) is 4.77. The first-order valence-electron chi connectivity index (χ1n) is 9.15. The van der Waals surface area contributed by atoms with Crippen molar-refractivity contribution in [2.45, 2.75) is 12.6 Å². The van der Waals surface area contributed by atoms with Crippen molar-refractivity contribution in [1.82, 2.24) is 4.98 Å². The molecule has 4 rings (SSSR count). The standard InChI is InChI=1S/C24H18F3NO/c1-29-20-14-8-13-18-21(16-9-4-2-5-10-16)23(17-11-6-3-7-12-17)28-19(22(18)20)15-24(25,26)27/h2-14H,15H2,1H3. The molecule has 0 amide bonds. The molecule has 0 bridgehead atoms. The number of rotatable bonds is 4. The van der Waals surface area contributed by atoms with Gasteiger partial charge in [-0.05, 0) is 17.0 Å². The van der Waals surface area contributed by atoms with Gasteiger partial charge in [-0.1, -0.05) is 72.8 Å². The molecule has 29 heavy (non-hydrogen) atoms. The zero-order valence-corrected chi connectivity index (χ0v) is 15.7. The van der Waals surface area contributed by atoms with Crippen LogP contribution >= 0.6 is 0 Å². The summed E-state index contributed by atoms with van der Waals surface area (Å²) in [6, 6.07) is 24.2. The molecule has 0 aliphatic rings. The average molecular weight is 393 g/mol. The van der Waals surface area contributed by atoms with Gasteiger partial charge in [-0.2, -0.15) is 13.2 Å². The van der Waals surface area contributed by atoms with Gasteiger partial charge < -0.3 is 4.74 Å². The van der Waals surface area contributed by atoms with Crippen molar-refractivity contribution in [2.24, 2.45) is 0 Å². The predicted octanol–water partition coefficient (Wildman–Crippen LogP) is 6.68. The molecule has 1 heterocycles. The van der Waals surface area contributed by atoms with Crippen molar-refractivity contribution in [3.63, 3.8) is 0 Å². The van der Waals surface area contributed by atoms with Crippen LogP contribution in [-0.4, -0.2) is 18.3 Å². The van der Waals surface area contributed by atoms with Gasteiger partial charge in [-0.15, -0.1) is 0 Å². The molecule has 3 aromatic carbocycles. The Kier molecular flexibility index (Phi) is 4.97. The van der Waals surface area contributed by atoms with Gasteiger partial charge in [0.25, 0.3) is 0 Å². The molecule has 5 heteroatoms. The summed E-state index contributed by atoms with van der Waals surface area (Å²) in [5, 5.41) is 1.08. The normalized spacial score (nSPS) is 11.6. The highest BCUT2D eigenvalue weighted by molar-refractivity contribution is 6.06. The topological polar surface area (TPSA) is 22.1 Å². The highest BCUT2D eigenvalue weighted by atomic mass is 19.4. The highest BCUT2D eigenvalue weighted by Crippen LogP contribution is 2.42. The van der Waals surface area contributed by atoms with E-state index >= 15 is 0 Å². The molecule has 0 spiro atoms. The lowest BCUT2D eigenvalue weighted by Gasteiger charge is -2.19. The molecule has 0 unspecified atom stereocenters. The van der Waals surface area contributed by atoms with Crippen molar-refractivity contribution in [3.8, 4) is 28.1 Å². The summed E-state index contributed by atoms with van der Waals surface area (Å²) in [6.07, 6.45) is -5.51. The highest BCUT2D eigenvalue weighted by Gasteiger charge is 2.31. The fourth-order valence-corrected chi connectivity index (χ4v) is 3.60. The molecule has 0 radical (unpaired) electrons. The molecule has 0 aliphatic heterocycles. The Balaban J connectivity index is 2.15. The van der Waals surface area contributed by atoms with Crippen LogP contribution in [0.3, 0.4) is 0 Å². The maximum atomic E-state index is 13.4. The van der Waals surface area contributed by atoms with E-state index in [-0.39, 0.29) is 5.69 Å². The van der Waals surface area contributed by atoms with E-state index in [0.29, 0.717) is 22.2 Å². The van der Waals surface area contributed by atoms with Gasteiger partial charge in [-0.25, -0.2) is 0 Å². The first-order valence-corrected chi connectivity index (χ1v) is 9.15. The van der Waals surface area contributed by atoms with Gasteiger partial charge >= 0.3 is 6.18 Å². The maximum Gasteiger partial charge on any atom is 0.394 e. The molecule has 2 nitrogen and oxygen atoms in total. The van der Waals surface area contributed by atoms with Crippen molar-refractivity contribution in [3.05, 3.63) is 84.6 Å². The Labute approximate surface area is 166 Å². The fourth-order valence-electron chi connectivity index (χ4n) is 3.60. The third kappa shape index (κ3) is 3.81. The molecule has 1 aromatic heterocycles. The van der Waals surface area contributed by atoms with Crippen LogP contribution in [0.5, 0.6) is 5.75 Å². The number of hydrogen-bond donors (Lipinski definition) is 0. The minimum absolute atomic E-state index is 0.0384. The minimum atomic E-state index is -4.39. The Morgan fingerprint density at radius 3 is 2.00 bits per heavy atom. The van der Waals surface area contributed by atoms with Gasteiger partial charge in [0, 0.05) is 16.5 Å². The molecule has 0 aliphatic carbocycles. The van der Waals surface area contributed by atoms with Crippen LogP contribution < -0.4 is 4.74 Å². The van der Waals surface area contributed by atoms with Gasteiger partial charge in [0.1, 0.15) is 5.75 Å². The summed E-state index contributed by atoms with van der Waals surface area (Å²) < 4.78 is 45.6. The molecule has 146 valence electrons. The quantitative estimate of drug-likeness (QED) is 0.386. The average Bonchev–Trinajstić information content (AvgIpc) is 2.73. The zero-order chi connectivity index (χ0) is 20.4. The van der Waals surface area contributed by atoms with Crippen LogP contribution in [0.4, 0.5) is 13.2 Å². The van der Waals surface area contributed by atoms with Crippen molar-refractivity contribution in [2.75, 3.05) is 7.11 Å². The summed E-state index contributed by atoms with van der Waals surface area (Å²) in [5.41, 5.74) is 2.92. The second-order valence-corrected chi connectivity index (χ2v) is 6.69. The van der Waals surface area contributed by atoms with Crippen molar-refractivity contribution in [1.29, 1.82) is 0 Å². The minimum Gasteiger partial charge on any atom is -0.496 e. The number of halogens is 3. The van der Waals surface area contributed by atoms with E-state index in [2.05, 4.69) is 4.98 Å². The summed E-state index contributed by atoms with van der Waals surface area (Å²) >= 11 is 0. The fraction of sp³-hybridized carbons (Fsp3) is 0.125. The maximum absolute atomic E-state index is 13.4. The van der Waals surface area contributed by atoms with Crippen LogP contribution in [-0.2, 0) is 6.42 Å². The number of fused-ring (bicyclic) bond motifs is 1. The summed E-state index contributed by atoms with van der Waals surface area (Å²) in [5.74, 6) is 0.381. The van der Waals surface area contributed by atoms with Gasteiger partial charge in [0.15, 0.2) is 0 Å². The Bertz CT molecular complexity index is 1140. The van der Waals surface area contributed by atoms with Crippen molar-refractivity contribution >= 4 is 10.8 Å². The van der Waals surface area contributed by atoms with E-state index in [1.54, 1.807) is 12.1 Å². The number of alkyl halides is 3. The number of pyridine rings is 1. The number of aromatic nitrogens is 1. The van der Waals surface area contributed by atoms with E-state index in [0.717, 1.165) is 16.7 Å². The smallest absolute Gasteiger partial charge is 0.394 e. The molecule has 0 fully saturated rings. The lowest BCUT2D eigenvalue weighted by Crippen LogP contribution is -2.14. The van der Waals surface area contributed by atoms with Gasteiger partial charge in [0.05, 0.1) is 24.9 Å². The van der Waals surface area contributed by atoms with Crippen LogP contribution in [0, 0.1) is 0 Å². The lowest BCUT2D eigenvalue weighted by molar-refractivity contribution is -0.127. The second-order valence-electron chi connectivity index (χ2n) is 6.69. The second kappa shape index (κ2) is 7.59. The van der Waals surface area contributed by atoms with E-state index in [1.165, 1.54) is 7.11 Å². The Morgan fingerprint density at radius 1 is 0.793 bits per heavy atom. The molecule has 4 aromatic rings. The van der Waals surface area contributed by atoms with E-state index < -0.39 is 12.6 Å². The molecule has 0 saturated carbocycles. The first kappa shape index (κ1) is 19.0. The molecule has 0 N–H and O–H groups in total. The van der Waals surface area contributed by atoms with E-state index in [9.17, 15) is 13.2 Å². The van der Waals surface area contributed by atoms with Gasteiger partial charge in [0.2, 0.25) is 0 Å². The summed E-state index contributed by atoms with van der Waals surface area (Å²) in [7, 11) is 1.46. The SMILES string of the molecule is COc1cccc2c(-c3ccccc3)c(-c3ccccc3)nc(CC(F)(F)F)c12. The van der Waals surface area contributed by atoms with E-state index in [4.69, 9.17) is 4.74 Å². The third-order valence-electron chi connectivity index (χ3n) is 4.77. The van der Waals surface area contributed by atoms with Crippen LogP contribution in [0.15, 0.2) is 78.9 Å². The van der Waals surface area contributed by atoms with Gasteiger partial charge in [-0.3, -0.25) is 4.98 Å². The Morgan fingerprint density at radius 2 is 1.41 bits per heavy atom. The number of benzene rings is 3. The van der Waals surface area contributed by atoms with Crippen LogP contribution in [0.1, 0.15) is 5.69 Å². The summed E-state index contributed by atoms with van der Waals surface area (Å²) in [6.45, 7) is 0. The zero-order valence-electron chi connectivity index (χ0n) is 15.7. The van der Waals surface area contributed by atoms with Crippen LogP contribution in [0.25, 0.3) is 33.2 Å². The number of ether oxygens (including phenoxy) is 1. The Hall–Kier alpha value is -3.34. The number of nitrogens with zero attached hydrogens (tertiary/aromatic N) is 1.